The van der Waals surface area contributed by atoms with Gasteiger partial charge in [-0.3, -0.25) is 11.3 Å². The Labute approximate surface area is 111 Å². The van der Waals surface area contributed by atoms with Crippen molar-refractivity contribution in [1.82, 2.24) is 5.43 Å². The summed E-state index contributed by atoms with van der Waals surface area (Å²) in [4.78, 5) is 0. The van der Waals surface area contributed by atoms with E-state index in [1.807, 2.05) is 0 Å². The first-order valence-corrected chi connectivity index (χ1v) is 6.02. The van der Waals surface area contributed by atoms with E-state index in [2.05, 4.69) is 5.43 Å². The van der Waals surface area contributed by atoms with Gasteiger partial charge in [-0.25, -0.2) is 4.39 Å². The van der Waals surface area contributed by atoms with Gasteiger partial charge in [-0.2, -0.15) is 0 Å². The molecule has 0 heterocycles. The largest absolute Gasteiger partial charge is 0.382 e. The Morgan fingerprint density at radius 2 is 2.22 bits per heavy atom. The molecule has 1 aromatic rings. The van der Waals surface area contributed by atoms with Crippen LogP contribution in [0, 0.1) is 5.82 Å². The molecule has 6 heteroatoms. The minimum absolute atomic E-state index is 0.124. The van der Waals surface area contributed by atoms with Crippen LogP contribution in [0.2, 0.25) is 5.02 Å². The van der Waals surface area contributed by atoms with E-state index in [0.29, 0.717) is 31.8 Å². The van der Waals surface area contributed by atoms with Gasteiger partial charge >= 0.3 is 0 Å². The average Bonchev–Trinajstić information content (AvgIpc) is 2.38. The molecule has 0 spiro atoms. The molecule has 0 aromatic heterocycles. The molecule has 0 fully saturated rings. The highest BCUT2D eigenvalue weighted by Crippen LogP contribution is 2.20. The summed E-state index contributed by atoms with van der Waals surface area (Å²) >= 11 is 5.87. The molecule has 0 aliphatic carbocycles. The van der Waals surface area contributed by atoms with Gasteiger partial charge in [-0.1, -0.05) is 23.7 Å². The van der Waals surface area contributed by atoms with Crippen LogP contribution in [0.25, 0.3) is 0 Å². The number of benzene rings is 1. The maximum Gasteiger partial charge on any atom is 0.142 e. The summed E-state index contributed by atoms with van der Waals surface area (Å²) in [5.41, 5.74) is 3.33. The van der Waals surface area contributed by atoms with Crippen LogP contribution in [0.4, 0.5) is 4.39 Å². The fraction of sp³-hybridized carbons (Fsp3) is 0.500. The van der Waals surface area contributed by atoms with E-state index in [1.165, 1.54) is 6.07 Å². The summed E-state index contributed by atoms with van der Waals surface area (Å²) in [6.45, 7) is 1.43. The Morgan fingerprint density at radius 1 is 1.44 bits per heavy atom. The lowest BCUT2D eigenvalue weighted by molar-refractivity contribution is 0.0587. The van der Waals surface area contributed by atoms with Gasteiger partial charge in [0, 0.05) is 13.2 Å². The lowest BCUT2D eigenvalue weighted by Gasteiger charge is -2.17. The Balaban J connectivity index is 2.49. The summed E-state index contributed by atoms with van der Waals surface area (Å²) in [7, 11) is 1.61. The SMILES string of the molecule is COCCOCC(Cc1cccc(F)c1Cl)NN. The first-order chi connectivity index (χ1) is 8.69. The second kappa shape index (κ2) is 8.39. The van der Waals surface area contributed by atoms with E-state index in [4.69, 9.17) is 26.9 Å². The molecule has 0 bridgehead atoms. The number of nitrogens with two attached hydrogens (primary N) is 1. The number of rotatable bonds is 8. The molecular weight excluding hydrogens is 259 g/mol. The molecule has 1 aromatic carbocycles. The van der Waals surface area contributed by atoms with E-state index in [-0.39, 0.29) is 11.1 Å². The zero-order valence-electron chi connectivity index (χ0n) is 10.3. The third kappa shape index (κ3) is 4.88. The zero-order valence-corrected chi connectivity index (χ0v) is 11.0. The van der Waals surface area contributed by atoms with Crippen LogP contribution in [0.5, 0.6) is 0 Å². The summed E-state index contributed by atoms with van der Waals surface area (Å²) < 4.78 is 23.5. The van der Waals surface area contributed by atoms with E-state index >= 15 is 0 Å². The van der Waals surface area contributed by atoms with Crippen LogP contribution < -0.4 is 11.3 Å². The number of hydrazine groups is 1. The predicted octanol–water partition coefficient (Wildman–Crippen LogP) is 1.52. The van der Waals surface area contributed by atoms with Crippen molar-refractivity contribution in [2.75, 3.05) is 26.9 Å². The molecule has 0 aliphatic rings. The minimum atomic E-state index is -0.426. The van der Waals surface area contributed by atoms with Gasteiger partial charge in [0.05, 0.1) is 24.8 Å². The van der Waals surface area contributed by atoms with Crippen LogP contribution in [0.3, 0.4) is 0 Å². The molecule has 102 valence electrons. The molecular formula is C12H18ClFN2O2. The molecule has 1 unspecified atom stereocenters. The first-order valence-electron chi connectivity index (χ1n) is 5.64. The van der Waals surface area contributed by atoms with Gasteiger partial charge in [0.2, 0.25) is 0 Å². The average molecular weight is 277 g/mol. The van der Waals surface area contributed by atoms with E-state index in [9.17, 15) is 4.39 Å². The molecule has 0 saturated heterocycles. The first kappa shape index (κ1) is 15.3. The number of ether oxygens (including phenoxy) is 2. The summed E-state index contributed by atoms with van der Waals surface area (Å²) in [5, 5.41) is 0.134. The van der Waals surface area contributed by atoms with Gasteiger partial charge in [-0.05, 0) is 18.1 Å². The van der Waals surface area contributed by atoms with Crippen molar-refractivity contribution in [1.29, 1.82) is 0 Å². The van der Waals surface area contributed by atoms with Crippen molar-refractivity contribution in [2.24, 2.45) is 5.84 Å². The van der Waals surface area contributed by atoms with Crippen molar-refractivity contribution in [2.45, 2.75) is 12.5 Å². The number of halogens is 2. The lowest BCUT2D eigenvalue weighted by Crippen LogP contribution is -2.40. The van der Waals surface area contributed by atoms with Gasteiger partial charge in [-0.15, -0.1) is 0 Å². The van der Waals surface area contributed by atoms with Crippen molar-refractivity contribution >= 4 is 11.6 Å². The van der Waals surface area contributed by atoms with Crippen LogP contribution in [-0.4, -0.2) is 33.0 Å². The van der Waals surface area contributed by atoms with E-state index < -0.39 is 5.82 Å². The number of nitrogens with one attached hydrogen (secondary N) is 1. The molecule has 3 N–H and O–H groups in total. The van der Waals surface area contributed by atoms with Crippen LogP contribution in [0.1, 0.15) is 5.56 Å². The molecule has 18 heavy (non-hydrogen) atoms. The third-order valence-corrected chi connectivity index (χ3v) is 2.91. The normalized spacial score (nSPS) is 12.7. The topological polar surface area (TPSA) is 56.5 Å². The maximum atomic E-state index is 13.3. The fourth-order valence-corrected chi connectivity index (χ4v) is 1.71. The second-order valence-corrected chi connectivity index (χ2v) is 4.23. The highest BCUT2D eigenvalue weighted by molar-refractivity contribution is 6.31. The molecule has 0 radical (unpaired) electrons. The third-order valence-electron chi connectivity index (χ3n) is 2.48. The van der Waals surface area contributed by atoms with Crippen molar-refractivity contribution in [3.8, 4) is 0 Å². The van der Waals surface area contributed by atoms with Gasteiger partial charge in [0.15, 0.2) is 0 Å². The van der Waals surface area contributed by atoms with Gasteiger partial charge in [0.1, 0.15) is 5.82 Å². The molecule has 1 rings (SSSR count). The monoisotopic (exact) mass is 276 g/mol. The van der Waals surface area contributed by atoms with Crippen LogP contribution in [-0.2, 0) is 15.9 Å². The van der Waals surface area contributed by atoms with Crippen molar-refractivity contribution in [3.05, 3.63) is 34.6 Å². The molecule has 0 saturated carbocycles. The fourth-order valence-electron chi connectivity index (χ4n) is 1.51. The quantitative estimate of drug-likeness (QED) is 0.429. The highest BCUT2D eigenvalue weighted by atomic mass is 35.5. The summed E-state index contributed by atoms with van der Waals surface area (Å²) in [5.74, 6) is 5.00. The standard InChI is InChI=1S/C12H18ClFN2O2/c1-17-5-6-18-8-10(16-15)7-9-3-2-4-11(14)12(9)13/h2-4,10,16H,5-8,15H2,1H3. The number of hydrogen-bond donors (Lipinski definition) is 2. The Morgan fingerprint density at radius 3 is 2.89 bits per heavy atom. The van der Waals surface area contributed by atoms with Gasteiger partial charge in [0.25, 0.3) is 0 Å². The van der Waals surface area contributed by atoms with Gasteiger partial charge < -0.3 is 9.47 Å². The highest BCUT2D eigenvalue weighted by Gasteiger charge is 2.12. The van der Waals surface area contributed by atoms with E-state index in [1.54, 1.807) is 19.2 Å². The molecule has 0 amide bonds. The van der Waals surface area contributed by atoms with Crippen LogP contribution in [0.15, 0.2) is 18.2 Å². The lowest BCUT2D eigenvalue weighted by atomic mass is 10.1. The second-order valence-electron chi connectivity index (χ2n) is 3.85. The Bertz CT molecular complexity index is 366. The minimum Gasteiger partial charge on any atom is -0.382 e. The van der Waals surface area contributed by atoms with Crippen LogP contribution >= 0.6 is 11.6 Å². The smallest absolute Gasteiger partial charge is 0.142 e. The molecule has 4 nitrogen and oxygen atoms in total. The van der Waals surface area contributed by atoms with Crippen molar-refractivity contribution < 1.29 is 13.9 Å². The summed E-state index contributed by atoms with van der Waals surface area (Å²) in [6, 6.07) is 4.59. The molecule has 1 atom stereocenters. The van der Waals surface area contributed by atoms with Crippen molar-refractivity contribution in [3.63, 3.8) is 0 Å². The Hall–Kier alpha value is -0.720. The predicted molar refractivity (Wildman–Crippen MR) is 68.9 cm³/mol. The number of methoxy groups -OCH3 is 1. The summed E-state index contributed by atoms with van der Waals surface area (Å²) in [6.07, 6.45) is 0.500. The molecule has 0 aliphatic heterocycles. The number of hydrogen-bond acceptors (Lipinski definition) is 4. The zero-order chi connectivity index (χ0) is 13.4. The maximum absolute atomic E-state index is 13.3. The Kier molecular flexibility index (Phi) is 7.15. The van der Waals surface area contributed by atoms with E-state index in [0.717, 1.165) is 0 Å².